The fourth-order valence-electron chi connectivity index (χ4n) is 7.19. The van der Waals surface area contributed by atoms with Crippen molar-refractivity contribution in [2.75, 3.05) is 45.4 Å². The molecule has 0 saturated heterocycles. The molecule has 0 fully saturated rings. The highest BCUT2D eigenvalue weighted by Crippen LogP contribution is 2.46. The number of nitrogen functional groups attached to an aromatic ring is 1. The molecule has 8 nitrogen and oxygen atoms in total. The fourth-order valence-corrected chi connectivity index (χ4v) is 7.19. The van der Waals surface area contributed by atoms with E-state index in [1.54, 1.807) is 6.07 Å². The molecule has 0 aromatic heterocycles. The van der Waals surface area contributed by atoms with E-state index >= 15 is 0 Å². The van der Waals surface area contributed by atoms with Gasteiger partial charge in [-0.1, -0.05) is 32.8 Å². The van der Waals surface area contributed by atoms with E-state index in [1.165, 1.54) is 0 Å². The Morgan fingerprint density at radius 3 is 1.48 bits per heavy atom. The van der Waals surface area contributed by atoms with Crippen LogP contribution in [-0.2, 0) is 9.47 Å². The smallest absolute Gasteiger partial charge is 0.198 e. The molecule has 52 heavy (non-hydrogen) atoms. The number of anilines is 1. The number of benzene rings is 4. The summed E-state index contributed by atoms with van der Waals surface area (Å²) in [5.74, 6) is 0.505. The van der Waals surface area contributed by atoms with Crippen LogP contribution in [0.4, 0.5) is 5.69 Å². The number of hydrogen-bond acceptors (Lipinski definition) is 8. The van der Waals surface area contributed by atoms with Crippen molar-refractivity contribution in [2.45, 2.75) is 81.1 Å². The van der Waals surface area contributed by atoms with Crippen molar-refractivity contribution < 1.29 is 33.6 Å². The average Bonchev–Trinajstić information content (AvgIpc) is 3.10. The topological polar surface area (TPSA) is 117 Å². The van der Waals surface area contributed by atoms with Gasteiger partial charge in [-0.25, -0.2) is 0 Å². The highest BCUT2D eigenvalue weighted by molar-refractivity contribution is 6.32. The normalized spacial score (nSPS) is 12.2. The molecule has 3 N–H and O–H groups in total. The summed E-state index contributed by atoms with van der Waals surface area (Å²) in [6.07, 6.45) is 4.21. The Bertz CT molecular complexity index is 1800. The first-order valence-electron chi connectivity index (χ1n) is 18.4. The summed E-state index contributed by atoms with van der Waals surface area (Å²) in [6.45, 7) is 19.2. The number of aromatic hydroxyl groups is 1. The number of carbonyl (C=O) groups excluding carboxylic acids is 2. The number of ether oxygens (including phenoxy) is 4. The predicted octanol–water partition coefficient (Wildman–Crippen LogP) is 9.33. The molecular formula is C44H53NO7. The van der Waals surface area contributed by atoms with Crippen LogP contribution in [0, 0.1) is 41.5 Å². The fraction of sp³-hybridized carbons (Fsp3) is 0.409. The highest BCUT2D eigenvalue weighted by Gasteiger charge is 2.38. The number of ketones is 2. The summed E-state index contributed by atoms with van der Waals surface area (Å²) >= 11 is 0. The van der Waals surface area contributed by atoms with Crippen molar-refractivity contribution in [3.8, 4) is 39.5 Å². The molecule has 0 atom stereocenters. The van der Waals surface area contributed by atoms with Crippen molar-refractivity contribution in [3.63, 3.8) is 0 Å². The Morgan fingerprint density at radius 2 is 1.00 bits per heavy atom. The standard InChI is InChI=1S/C44H53NO7/c1-9-11-13-49-15-17-51-43-26(4)19-31(20-27(43)5)33-23-25(3)36-37(30(33)8)42(48)38-35(45)24-34(40(46)39(38)41(36)47)32-21-28(6)44(29(7)22-32)52-18-16-50-14-12-10-2/h19-24,46H,9-18,45H2,1-8H3. The maximum absolute atomic E-state index is 14.4. The Labute approximate surface area is 308 Å². The summed E-state index contributed by atoms with van der Waals surface area (Å²) in [5, 5.41) is 11.7. The maximum Gasteiger partial charge on any atom is 0.198 e. The highest BCUT2D eigenvalue weighted by atomic mass is 16.5. The minimum atomic E-state index is -0.420. The Kier molecular flexibility index (Phi) is 12.4. The molecule has 0 aliphatic heterocycles. The van der Waals surface area contributed by atoms with Gasteiger partial charge in [0, 0.05) is 35.6 Å². The van der Waals surface area contributed by atoms with E-state index in [9.17, 15) is 14.7 Å². The Morgan fingerprint density at radius 1 is 0.538 bits per heavy atom. The van der Waals surface area contributed by atoms with E-state index < -0.39 is 5.78 Å². The zero-order chi connectivity index (χ0) is 37.7. The van der Waals surface area contributed by atoms with Gasteiger partial charge in [0.1, 0.15) is 30.5 Å². The minimum absolute atomic E-state index is 0.0344. The number of unbranched alkanes of at least 4 members (excludes halogenated alkanes) is 2. The van der Waals surface area contributed by atoms with Crippen LogP contribution in [-0.4, -0.2) is 56.3 Å². The van der Waals surface area contributed by atoms with Gasteiger partial charge in [-0.2, -0.15) is 0 Å². The predicted molar refractivity (Wildman–Crippen MR) is 208 cm³/mol. The van der Waals surface area contributed by atoms with Crippen LogP contribution in [0.3, 0.4) is 0 Å². The number of phenols is 1. The number of aryl methyl sites for hydroxylation is 5. The van der Waals surface area contributed by atoms with Gasteiger partial charge in [0.25, 0.3) is 0 Å². The summed E-state index contributed by atoms with van der Waals surface area (Å²) < 4.78 is 23.4. The third-order valence-corrected chi connectivity index (χ3v) is 9.80. The largest absolute Gasteiger partial charge is 0.506 e. The van der Waals surface area contributed by atoms with Crippen LogP contribution in [0.5, 0.6) is 17.2 Å². The Hall–Kier alpha value is -4.66. The van der Waals surface area contributed by atoms with Crippen molar-refractivity contribution in [1.29, 1.82) is 0 Å². The summed E-state index contributed by atoms with van der Waals surface area (Å²) in [5.41, 5.74) is 15.1. The molecule has 0 saturated carbocycles. The lowest BCUT2D eigenvalue weighted by atomic mass is 9.76. The average molecular weight is 708 g/mol. The number of phenolic OH excluding ortho intramolecular Hbond substituents is 1. The SMILES string of the molecule is CCCCOCCOc1c(C)cc(-c2cc(C)c3c(c2C)C(=O)c2c(N)cc(-c4cc(C)c(OCCOCCCC)c(C)c4)c(O)c2C3=O)cc1C. The molecule has 276 valence electrons. The van der Waals surface area contributed by atoms with E-state index in [2.05, 4.69) is 13.8 Å². The van der Waals surface area contributed by atoms with E-state index in [0.717, 1.165) is 77.2 Å². The van der Waals surface area contributed by atoms with E-state index in [-0.39, 0.29) is 28.3 Å². The maximum atomic E-state index is 14.4. The van der Waals surface area contributed by atoms with Crippen LogP contribution >= 0.6 is 0 Å². The zero-order valence-corrected chi connectivity index (χ0v) is 32.0. The Balaban J connectivity index is 1.46. The molecule has 0 bridgehead atoms. The molecular weight excluding hydrogens is 654 g/mol. The van der Waals surface area contributed by atoms with Gasteiger partial charge in [0.05, 0.1) is 24.3 Å². The molecule has 0 amide bonds. The number of fused-ring (bicyclic) bond motifs is 2. The van der Waals surface area contributed by atoms with Crippen molar-refractivity contribution >= 4 is 17.3 Å². The van der Waals surface area contributed by atoms with Gasteiger partial charge in [-0.15, -0.1) is 0 Å². The first kappa shape index (κ1) is 38.6. The van der Waals surface area contributed by atoms with Gasteiger partial charge in [-0.05, 0) is 135 Å². The van der Waals surface area contributed by atoms with Gasteiger partial charge in [0.15, 0.2) is 11.6 Å². The van der Waals surface area contributed by atoms with Crippen LogP contribution < -0.4 is 15.2 Å². The third kappa shape index (κ3) is 7.74. The second-order valence-electron chi connectivity index (χ2n) is 13.9. The van der Waals surface area contributed by atoms with Gasteiger partial charge in [-0.3, -0.25) is 9.59 Å². The van der Waals surface area contributed by atoms with Gasteiger partial charge in [0.2, 0.25) is 0 Å². The van der Waals surface area contributed by atoms with Crippen LogP contribution in [0.2, 0.25) is 0 Å². The first-order chi connectivity index (χ1) is 24.9. The molecule has 0 heterocycles. The number of nitrogens with two attached hydrogens (primary N) is 1. The molecule has 0 unspecified atom stereocenters. The summed E-state index contributed by atoms with van der Waals surface area (Å²) in [4.78, 5) is 28.7. The summed E-state index contributed by atoms with van der Waals surface area (Å²) in [7, 11) is 0. The van der Waals surface area contributed by atoms with Gasteiger partial charge >= 0.3 is 0 Å². The number of rotatable bonds is 16. The van der Waals surface area contributed by atoms with Crippen molar-refractivity contribution in [2.24, 2.45) is 0 Å². The lowest BCUT2D eigenvalue weighted by Crippen LogP contribution is -2.25. The van der Waals surface area contributed by atoms with E-state index in [1.807, 2.05) is 71.9 Å². The van der Waals surface area contributed by atoms with Crippen molar-refractivity contribution in [3.05, 3.63) is 92.0 Å². The second kappa shape index (κ2) is 16.8. The molecule has 8 heteroatoms. The van der Waals surface area contributed by atoms with E-state index in [0.29, 0.717) is 66.4 Å². The minimum Gasteiger partial charge on any atom is -0.506 e. The third-order valence-electron chi connectivity index (χ3n) is 9.80. The monoisotopic (exact) mass is 707 g/mol. The molecule has 4 aromatic carbocycles. The molecule has 4 aromatic rings. The molecule has 0 radical (unpaired) electrons. The molecule has 0 spiro atoms. The van der Waals surface area contributed by atoms with Crippen LogP contribution in [0.1, 0.15) is 105 Å². The number of carbonyl (C=O) groups is 2. The quantitative estimate of drug-likeness (QED) is 0.0592. The van der Waals surface area contributed by atoms with Crippen molar-refractivity contribution in [1.82, 2.24) is 0 Å². The number of hydrogen-bond donors (Lipinski definition) is 2. The first-order valence-corrected chi connectivity index (χ1v) is 18.4. The van der Waals surface area contributed by atoms with Crippen LogP contribution in [0.15, 0.2) is 36.4 Å². The molecule has 5 rings (SSSR count). The van der Waals surface area contributed by atoms with E-state index in [4.69, 9.17) is 24.7 Å². The molecule has 1 aliphatic carbocycles. The zero-order valence-electron chi connectivity index (χ0n) is 32.0. The van der Waals surface area contributed by atoms with Gasteiger partial charge < -0.3 is 29.8 Å². The second-order valence-corrected chi connectivity index (χ2v) is 13.9. The van der Waals surface area contributed by atoms with Crippen LogP contribution in [0.25, 0.3) is 22.3 Å². The lowest BCUT2D eigenvalue weighted by molar-refractivity contribution is 0.0976. The molecule has 1 aliphatic rings. The summed E-state index contributed by atoms with van der Waals surface area (Å²) in [6, 6.07) is 11.4. The lowest BCUT2D eigenvalue weighted by Gasteiger charge is -2.26.